The third kappa shape index (κ3) is 4.54. The molecule has 8 heteroatoms. The van der Waals surface area contributed by atoms with Gasteiger partial charge in [-0.2, -0.15) is 5.10 Å². The zero-order valence-electron chi connectivity index (χ0n) is 14.0. The lowest BCUT2D eigenvalue weighted by atomic mass is 10.1. The van der Waals surface area contributed by atoms with Gasteiger partial charge in [0.1, 0.15) is 0 Å². The molecule has 1 heterocycles. The Labute approximate surface area is 154 Å². The Bertz CT molecular complexity index is 894. The summed E-state index contributed by atoms with van der Waals surface area (Å²) in [6, 6.07) is 14.2. The number of amides is 1. The van der Waals surface area contributed by atoms with Crippen molar-refractivity contribution >= 4 is 34.7 Å². The number of nitro benzene ring substituents is 1. The van der Waals surface area contributed by atoms with Gasteiger partial charge in [0.15, 0.2) is 5.17 Å². The first kappa shape index (κ1) is 17.8. The summed E-state index contributed by atoms with van der Waals surface area (Å²) in [7, 11) is 0. The van der Waals surface area contributed by atoms with Crippen LogP contribution in [0.3, 0.4) is 0 Å². The summed E-state index contributed by atoms with van der Waals surface area (Å²) in [6.45, 7) is 2.02. The summed E-state index contributed by atoms with van der Waals surface area (Å²) in [6.07, 6.45) is 2.03. The van der Waals surface area contributed by atoms with E-state index in [0.29, 0.717) is 17.2 Å². The zero-order chi connectivity index (χ0) is 18.5. The van der Waals surface area contributed by atoms with Gasteiger partial charge in [-0.25, -0.2) is 0 Å². The largest absolute Gasteiger partial charge is 0.303 e. The van der Waals surface area contributed by atoms with Crippen molar-refractivity contribution in [3.05, 3.63) is 75.3 Å². The van der Waals surface area contributed by atoms with Crippen LogP contribution in [0.5, 0.6) is 0 Å². The predicted molar refractivity (Wildman–Crippen MR) is 103 cm³/mol. The molecule has 0 unspecified atom stereocenters. The van der Waals surface area contributed by atoms with Gasteiger partial charge in [0.2, 0.25) is 5.91 Å². The minimum absolute atomic E-state index is 0.0108. The lowest BCUT2D eigenvalue weighted by Crippen LogP contribution is -2.25. The number of nitrogens with zero attached hydrogens (tertiary/aromatic N) is 3. The molecule has 1 aliphatic rings. The van der Waals surface area contributed by atoms with E-state index in [1.807, 2.05) is 31.2 Å². The molecule has 2 aromatic carbocycles. The van der Waals surface area contributed by atoms with Crippen LogP contribution >= 0.6 is 11.8 Å². The fraction of sp³-hybridized carbons (Fsp3) is 0.167. The molecule has 2 aromatic rings. The highest BCUT2D eigenvalue weighted by Crippen LogP contribution is 2.23. The number of nitro groups is 1. The van der Waals surface area contributed by atoms with E-state index >= 15 is 0 Å². The van der Waals surface area contributed by atoms with Crippen LogP contribution in [0.25, 0.3) is 0 Å². The maximum atomic E-state index is 12.1. The van der Waals surface area contributed by atoms with Gasteiger partial charge in [-0.1, -0.05) is 53.7 Å². The summed E-state index contributed by atoms with van der Waals surface area (Å²) >= 11 is 1.33. The van der Waals surface area contributed by atoms with Crippen molar-refractivity contribution in [1.29, 1.82) is 0 Å². The highest BCUT2D eigenvalue weighted by molar-refractivity contribution is 8.15. The first-order chi connectivity index (χ1) is 12.5. The molecule has 132 valence electrons. The minimum Gasteiger partial charge on any atom is -0.303 e. The molecule has 0 aromatic heterocycles. The lowest BCUT2D eigenvalue weighted by molar-refractivity contribution is -0.384. The average Bonchev–Trinajstić information content (AvgIpc) is 2.97. The van der Waals surface area contributed by atoms with Gasteiger partial charge >= 0.3 is 0 Å². The Morgan fingerprint density at radius 3 is 2.77 bits per heavy atom. The Hall–Kier alpha value is -3.00. The predicted octanol–water partition coefficient (Wildman–Crippen LogP) is 3.07. The lowest BCUT2D eigenvalue weighted by Gasteiger charge is -2.05. The number of nitrogens with one attached hydrogen (secondary N) is 1. The number of non-ortho nitro benzene ring substituents is 1. The molecule has 0 saturated carbocycles. The summed E-state index contributed by atoms with van der Waals surface area (Å²) in [5.41, 5.74) is 2.82. The monoisotopic (exact) mass is 368 g/mol. The summed E-state index contributed by atoms with van der Waals surface area (Å²) in [4.78, 5) is 22.4. The fourth-order valence-electron chi connectivity index (χ4n) is 2.39. The van der Waals surface area contributed by atoms with Gasteiger partial charge in [-0.15, -0.1) is 5.10 Å². The van der Waals surface area contributed by atoms with Crippen LogP contribution in [0, 0.1) is 17.0 Å². The molecular formula is C18H16N4O3S. The van der Waals surface area contributed by atoms with Crippen LogP contribution in [0.4, 0.5) is 5.69 Å². The Morgan fingerprint density at radius 2 is 2.04 bits per heavy atom. The summed E-state index contributed by atoms with van der Waals surface area (Å²) in [5.74, 6) is -0.0973. The van der Waals surface area contributed by atoms with Gasteiger partial charge in [0, 0.05) is 17.7 Å². The molecule has 1 aliphatic heterocycles. The third-order valence-electron chi connectivity index (χ3n) is 3.75. The molecule has 1 amide bonds. The second kappa shape index (κ2) is 7.92. The van der Waals surface area contributed by atoms with Gasteiger partial charge in [-0.3, -0.25) is 14.9 Å². The van der Waals surface area contributed by atoms with Crippen molar-refractivity contribution in [3.8, 4) is 0 Å². The molecule has 0 radical (unpaired) electrons. The van der Waals surface area contributed by atoms with Crippen molar-refractivity contribution in [3.63, 3.8) is 0 Å². The second-order valence-electron chi connectivity index (χ2n) is 5.79. The van der Waals surface area contributed by atoms with Crippen molar-refractivity contribution in [1.82, 2.24) is 5.32 Å². The molecule has 0 spiro atoms. The number of hydrogen-bond acceptors (Lipinski definition) is 6. The number of carbonyl (C=O) groups is 1. The number of benzene rings is 2. The van der Waals surface area contributed by atoms with E-state index in [4.69, 9.17) is 0 Å². The summed E-state index contributed by atoms with van der Waals surface area (Å²) in [5, 5.41) is 21.6. The minimum atomic E-state index is -0.466. The van der Waals surface area contributed by atoms with Gasteiger partial charge < -0.3 is 5.32 Å². The maximum absolute atomic E-state index is 12.1. The van der Waals surface area contributed by atoms with Crippen LogP contribution < -0.4 is 5.32 Å². The second-order valence-corrected chi connectivity index (χ2v) is 6.98. The van der Waals surface area contributed by atoms with Crippen LogP contribution in [-0.2, 0) is 11.2 Å². The number of hydrogen-bond donors (Lipinski definition) is 1. The van der Waals surface area contributed by atoms with Crippen molar-refractivity contribution < 1.29 is 9.72 Å². The molecule has 0 bridgehead atoms. The zero-order valence-corrected chi connectivity index (χ0v) is 14.8. The molecule has 0 aliphatic carbocycles. The topological polar surface area (TPSA) is 97.0 Å². The maximum Gasteiger partial charge on any atom is 0.270 e. The van der Waals surface area contributed by atoms with Crippen LogP contribution in [0.1, 0.15) is 16.7 Å². The standard InChI is InChI=1S/C18H16N4O3S/c1-12-5-7-13(8-6-12)10-16-17(23)20-18(26-16)21-19-11-14-3-2-4-15(9-14)22(24)25/h2-9,11,16H,10H2,1H3,(H,20,21,23)/b19-11-/t16-/m0/s1. The summed E-state index contributed by atoms with van der Waals surface area (Å²) < 4.78 is 0. The first-order valence-corrected chi connectivity index (χ1v) is 8.78. The first-order valence-electron chi connectivity index (χ1n) is 7.90. The number of aryl methyl sites for hydroxylation is 1. The number of thioether (sulfide) groups is 1. The molecule has 1 atom stereocenters. The van der Waals surface area contributed by atoms with Crippen LogP contribution in [0.15, 0.2) is 58.7 Å². The number of carbonyl (C=O) groups excluding carboxylic acids is 1. The SMILES string of the molecule is Cc1ccc(C[C@@H]2S/C(=N\N=C/c3cccc([N+](=O)[O-])c3)NC2=O)cc1. The van der Waals surface area contributed by atoms with E-state index in [1.165, 1.54) is 35.7 Å². The molecule has 3 rings (SSSR count). The number of amidine groups is 1. The molecular weight excluding hydrogens is 352 g/mol. The number of rotatable bonds is 5. The Kier molecular flexibility index (Phi) is 5.43. The molecule has 1 fully saturated rings. The molecule has 7 nitrogen and oxygen atoms in total. The molecule has 1 saturated heterocycles. The Morgan fingerprint density at radius 1 is 1.27 bits per heavy atom. The van der Waals surface area contributed by atoms with E-state index in [2.05, 4.69) is 15.5 Å². The average molecular weight is 368 g/mol. The van der Waals surface area contributed by atoms with Crippen LogP contribution in [-0.4, -0.2) is 27.5 Å². The van der Waals surface area contributed by atoms with E-state index in [1.54, 1.807) is 12.1 Å². The highest BCUT2D eigenvalue weighted by Gasteiger charge is 2.30. The van der Waals surface area contributed by atoms with Crippen molar-refractivity contribution in [2.45, 2.75) is 18.6 Å². The van der Waals surface area contributed by atoms with Crippen molar-refractivity contribution in [2.75, 3.05) is 0 Å². The smallest absolute Gasteiger partial charge is 0.270 e. The van der Waals surface area contributed by atoms with Gasteiger partial charge in [-0.05, 0) is 18.9 Å². The van der Waals surface area contributed by atoms with E-state index in [-0.39, 0.29) is 16.8 Å². The third-order valence-corrected chi connectivity index (χ3v) is 4.83. The van der Waals surface area contributed by atoms with Crippen LogP contribution in [0.2, 0.25) is 0 Å². The van der Waals surface area contributed by atoms with Crippen molar-refractivity contribution in [2.24, 2.45) is 10.2 Å². The van der Waals surface area contributed by atoms with Gasteiger partial charge in [0.05, 0.1) is 16.4 Å². The van der Waals surface area contributed by atoms with E-state index in [0.717, 1.165) is 5.56 Å². The van der Waals surface area contributed by atoms with E-state index in [9.17, 15) is 14.9 Å². The van der Waals surface area contributed by atoms with E-state index < -0.39 is 4.92 Å². The molecule has 1 N–H and O–H groups in total. The highest BCUT2D eigenvalue weighted by atomic mass is 32.2. The molecule has 26 heavy (non-hydrogen) atoms. The normalized spacial score (nSPS) is 18.4. The quantitative estimate of drug-likeness (QED) is 0.498. The fourth-order valence-corrected chi connectivity index (χ4v) is 3.36. The van der Waals surface area contributed by atoms with Gasteiger partial charge in [0.25, 0.3) is 5.69 Å². The Balaban J connectivity index is 1.63.